The SMILES string of the molecule is CC[C@H](C(=O)NC(C)C)N(Cc1ccc(Cl)cc1Cl)C(=O)CN(c1cc(Cl)ccc1OC)S(=O)(=O)c1ccc(C)c([N+](=O)[O-])c1. The summed E-state index contributed by atoms with van der Waals surface area (Å²) in [4.78, 5) is 39.4. The average Bonchev–Trinajstić information content (AvgIpc) is 2.96. The molecule has 0 aromatic heterocycles. The minimum Gasteiger partial charge on any atom is -0.495 e. The average molecular weight is 700 g/mol. The van der Waals surface area contributed by atoms with E-state index < -0.39 is 49.9 Å². The van der Waals surface area contributed by atoms with Crippen molar-refractivity contribution in [3.05, 3.63) is 90.9 Å². The molecule has 1 N–H and O–H groups in total. The largest absolute Gasteiger partial charge is 0.495 e. The highest BCUT2D eigenvalue weighted by molar-refractivity contribution is 7.92. The third-order valence-electron chi connectivity index (χ3n) is 6.83. The van der Waals surface area contributed by atoms with Crippen molar-refractivity contribution in [2.45, 2.75) is 57.6 Å². The molecule has 3 rings (SSSR count). The summed E-state index contributed by atoms with van der Waals surface area (Å²) in [6, 6.07) is 11.1. The number of carbonyl (C=O) groups excluding carboxylic acids is 2. The highest BCUT2D eigenvalue weighted by Crippen LogP contribution is 2.36. The number of nitro groups is 1. The monoisotopic (exact) mass is 698 g/mol. The Hall–Kier alpha value is -3.58. The summed E-state index contributed by atoms with van der Waals surface area (Å²) in [7, 11) is -3.35. The fraction of sp³-hybridized carbons (Fsp3) is 0.333. The summed E-state index contributed by atoms with van der Waals surface area (Å²) >= 11 is 18.8. The first-order valence-corrected chi connectivity index (χ1v) is 16.3. The van der Waals surface area contributed by atoms with Crippen molar-refractivity contribution in [2.24, 2.45) is 0 Å². The van der Waals surface area contributed by atoms with Crippen LogP contribution in [0.3, 0.4) is 0 Å². The molecule has 15 heteroatoms. The summed E-state index contributed by atoms with van der Waals surface area (Å²) in [5.74, 6) is -1.15. The molecule has 0 heterocycles. The smallest absolute Gasteiger partial charge is 0.273 e. The number of nitro benzene ring substituents is 1. The van der Waals surface area contributed by atoms with Crippen LogP contribution in [0, 0.1) is 17.0 Å². The molecule has 0 saturated carbocycles. The van der Waals surface area contributed by atoms with E-state index in [-0.39, 0.29) is 46.1 Å². The van der Waals surface area contributed by atoms with Crippen molar-refractivity contribution in [1.29, 1.82) is 0 Å². The number of benzene rings is 3. The number of methoxy groups -OCH3 is 1. The first kappa shape index (κ1) is 35.9. The normalized spacial score (nSPS) is 12.0. The molecular formula is C30H33Cl3N4O7S. The van der Waals surface area contributed by atoms with Gasteiger partial charge in [-0.2, -0.15) is 0 Å². The van der Waals surface area contributed by atoms with Crippen molar-refractivity contribution in [3.63, 3.8) is 0 Å². The second kappa shape index (κ2) is 15.1. The number of halogens is 3. The molecule has 11 nitrogen and oxygen atoms in total. The van der Waals surface area contributed by atoms with Crippen LogP contribution in [0.1, 0.15) is 38.3 Å². The molecule has 0 radical (unpaired) electrons. The number of carbonyl (C=O) groups is 2. The Morgan fingerprint density at radius 2 is 1.67 bits per heavy atom. The van der Waals surface area contributed by atoms with Crippen LogP contribution in [-0.2, 0) is 26.2 Å². The maximum atomic E-state index is 14.3. The Balaban J connectivity index is 2.21. The summed E-state index contributed by atoms with van der Waals surface area (Å²) in [5, 5.41) is 15.2. The maximum Gasteiger partial charge on any atom is 0.273 e. The Morgan fingerprint density at radius 3 is 2.24 bits per heavy atom. The predicted octanol–water partition coefficient (Wildman–Crippen LogP) is 6.40. The van der Waals surface area contributed by atoms with Gasteiger partial charge in [0, 0.05) is 39.3 Å². The van der Waals surface area contributed by atoms with Gasteiger partial charge in [-0.3, -0.25) is 24.0 Å². The van der Waals surface area contributed by atoms with Crippen LogP contribution in [0.15, 0.2) is 59.5 Å². The summed E-state index contributed by atoms with van der Waals surface area (Å²) in [6.07, 6.45) is 0.187. The second-order valence-electron chi connectivity index (χ2n) is 10.4. The van der Waals surface area contributed by atoms with Gasteiger partial charge in [-0.25, -0.2) is 8.42 Å². The van der Waals surface area contributed by atoms with E-state index >= 15 is 0 Å². The Morgan fingerprint density at radius 1 is 1.02 bits per heavy atom. The number of sulfonamides is 1. The zero-order chi connectivity index (χ0) is 33.6. The van der Waals surface area contributed by atoms with Crippen molar-refractivity contribution < 1.29 is 27.7 Å². The lowest BCUT2D eigenvalue weighted by Gasteiger charge is -2.34. The Bertz CT molecular complexity index is 1700. The first-order valence-electron chi connectivity index (χ1n) is 13.8. The number of hydrogen-bond donors (Lipinski definition) is 1. The molecule has 0 saturated heterocycles. The minimum atomic E-state index is -4.66. The van der Waals surface area contributed by atoms with Gasteiger partial charge in [0.25, 0.3) is 15.7 Å². The Kier molecular flexibility index (Phi) is 12.1. The van der Waals surface area contributed by atoms with Gasteiger partial charge in [0.2, 0.25) is 11.8 Å². The summed E-state index contributed by atoms with van der Waals surface area (Å²) in [6.45, 7) is 5.75. The maximum absolute atomic E-state index is 14.3. The lowest BCUT2D eigenvalue weighted by Crippen LogP contribution is -2.53. The van der Waals surface area contributed by atoms with E-state index in [0.717, 1.165) is 10.4 Å². The van der Waals surface area contributed by atoms with Crippen LogP contribution in [0.2, 0.25) is 15.1 Å². The third-order valence-corrected chi connectivity index (χ3v) is 9.40. The van der Waals surface area contributed by atoms with Gasteiger partial charge in [-0.15, -0.1) is 0 Å². The number of ether oxygens (including phenoxy) is 1. The molecule has 0 aliphatic carbocycles. The predicted molar refractivity (Wildman–Crippen MR) is 175 cm³/mol. The summed E-state index contributed by atoms with van der Waals surface area (Å²) in [5.41, 5.74) is 0.200. The Labute approximate surface area is 277 Å². The lowest BCUT2D eigenvalue weighted by atomic mass is 10.1. The van der Waals surface area contributed by atoms with Crippen LogP contribution < -0.4 is 14.4 Å². The fourth-order valence-corrected chi connectivity index (χ4v) is 6.65. The van der Waals surface area contributed by atoms with Crippen molar-refractivity contribution >= 4 is 68.0 Å². The van der Waals surface area contributed by atoms with E-state index in [1.165, 1.54) is 55.3 Å². The number of nitrogens with zero attached hydrogens (tertiary/aromatic N) is 3. The molecule has 3 aromatic carbocycles. The molecule has 0 spiro atoms. The molecule has 45 heavy (non-hydrogen) atoms. The van der Waals surface area contributed by atoms with Crippen LogP contribution in [0.4, 0.5) is 11.4 Å². The molecule has 0 aliphatic rings. The van der Waals surface area contributed by atoms with Gasteiger partial charge >= 0.3 is 0 Å². The van der Waals surface area contributed by atoms with Crippen LogP contribution in [0.5, 0.6) is 5.75 Å². The molecule has 0 bridgehead atoms. The van der Waals surface area contributed by atoms with E-state index in [9.17, 15) is 28.1 Å². The van der Waals surface area contributed by atoms with E-state index in [0.29, 0.717) is 10.6 Å². The van der Waals surface area contributed by atoms with E-state index in [1.807, 2.05) is 0 Å². The van der Waals surface area contributed by atoms with E-state index in [2.05, 4.69) is 5.32 Å². The van der Waals surface area contributed by atoms with Gasteiger partial charge in [-0.05, 0) is 69.2 Å². The molecule has 0 aliphatic heterocycles. The van der Waals surface area contributed by atoms with Crippen molar-refractivity contribution in [2.75, 3.05) is 18.0 Å². The quantitative estimate of drug-likeness (QED) is 0.161. The first-order chi connectivity index (χ1) is 21.1. The van der Waals surface area contributed by atoms with Crippen molar-refractivity contribution in [3.8, 4) is 5.75 Å². The molecule has 3 aromatic rings. The van der Waals surface area contributed by atoms with E-state index in [4.69, 9.17) is 39.5 Å². The number of amides is 2. The zero-order valence-electron chi connectivity index (χ0n) is 25.2. The van der Waals surface area contributed by atoms with Gasteiger partial charge in [0.15, 0.2) is 0 Å². The lowest BCUT2D eigenvalue weighted by molar-refractivity contribution is -0.385. The molecule has 0 fully saturated rings. The number of hydrogen-bond acceptors (Lipinski definition) is 7. The van der Waals surface area contributed by atoms with Crippen LogP contribution in [0.25, 0.3) is 0 Å². The highest BCUT2D eigenvalue weighted by Gasteiger charge is 2.36. The van der Waals surface area contributed by atoms with Gasteiger partial charge in [0.1, 0.15) is 18.3 Å². The van der Waals surface area contributed by atoms with Crippen LogP contribution in [-0.4, -0.2) is 55.8 Å². The summed E-state index contributed by atoms with van der Waals surface area (Å²) < 4.78 is 34.7. The third kappa shape index (κ3) is 8.57. The van der Waals surface area contributed by atoms with Crippen molar-refractivity contribution in [1.82, 2.24) is 10.2 Å². The van der Waals surface area contributed by atoms with Crippen LogP contribution >= 0.6 is 34.8 Å². The molecule has 1 atom stereocenters. The van der Waals surface area contributed by atoms with Gasteiger partial charge in [-0.1, -0.05) is 53.9 Å². The van der Waals surface area contributed by atoms with Gasteiger partial charge in [0.05, 0.1) is 22.6 Å². The zero-order valence-corrected chi connectivity index (χ0v) is 28.3. The standard InChI is InChI=1S/C30H33Cl3N4O7S/c1-6-25(30(39)34-18(2)3)35(16-20-8-9-21(31)13-24(20)33)29(38)17-36(27-14-22(32)10-12-28(27)44-5)45(42,43)23-11-7-19(4)26(15-23)37(40)41/h7-15,18,25H,6,16-17H2,1-5H3,(H,34,39)/t25-/m1/s1. The minimum absolute atomic E-state index is 0.0641. The number of anilines is 1. The highest BCUT2D eigenvalue weighted by atomic mass is 35.5. The fourth-order valence-electron chi connectivity index (χ4n) is 4.58. The molecule has 0 unspecified atom stereocenters. The molecular weight excluding hydrogens is 667 g/mol. The number of nitrogens with one attached hydrogen (secondary N) is 1. The second-order valence-corrected chi connectivity index (χ2v) is 13.5. The molecule has 2 amide bonds. The van der Waals surface area contributed by atoms with Gasteiger partial charge < -0.3 is 15.0 Å². The number of aryl methyl sites for hydroxylation is 1. The topological polar surface area (TPSA) is 139 Å². The van der Waals surface area contributed by atoms with E-state index in [1.54, 1.807) is 32.9 Å². The molecule has 242 valence electrons. The number of rotatable bonds is 13.